The summed E-state index contributed by atoms with van der Waals surface area (Å²) in [6, 6.07) is -1.48. The molecule has 0 unspecified atom stereocenters. The zero-order valence-electron chi connectivity index (χ0n) is 12.5. The second kappa shape index (κ2) is 6.01. The molecule has 0 fully saturated rings. The van der Waals surface area contributed by atoms with Crippen LogP contribution in [0, 0.1) is 5.41 Å². The van der Waals surface area contributed by atoms with E-state index in [9.17, 15) is 14.7 Å². The average Bonchev–Trinajstić information content (AvgIpc) is 2.76. The second-order valence-electron chi connectivity index (χ2n) is 6.33. The minimum atomic E-state index is -1.05. The van der Waals surface area contributed by atoms with Crippen LogP contribution in [0.1, 0.15) is 44.2 Å². The van der Waals surface area contributed by atoms with Crippen LogP contribution in [0.15, 0.2) is 0 Å². The van der Waals surface area contributed by atoms with E-state index in [1.54, 1.807) is 20.8 Å². The van der Waals surface area contributed by atoms with Gasteiger partial charge in [-0.1, -0.05) is 20.8 Å². The highest BCUT2D eigenvalue weighted by molar-refractivity contribution is 7.15. The number of nitrogens with zero attached hydrogens (tertiary/aromatic N) is 1. The van der Waals surface area contributed by atoms with E-state index >= 15 is 0 Å². The number of thiazole rings is 1. The number of urea groups is 1. The van der Waals surface area contributed by atoms with Crippen LogP contribution in [-0.2, 0) is 17.6 Å². The molecule has 6 nitrogen and oxygen atoms in total. The van der Waals surface area contributed by atoms with Gasteiger partial charge in [-0.2, -0.15) is 0 Å². The normalized spacial score (nSPS) is 16.0. The number of fused-ring (bicyclic) bond motifs is 1. The van der Waals surface area contributed by atoms with Gasteiger partial charge in [-0.3, -0.25) is 5.32 Å². The van der Waals surface area contributed by atoms with Crippen molar-refractivity contribution in [3.63, 3.8) is 0 Å². The molecule has 3 N–H and O–H groups in total. The van der Waals surface area contributed by atoms with Crippen molar-refractivity contribution in [1.82, 2.24) is 10.3 Å². The first-order valence-electron chi connectivity index (χ1n) is 7.06. The third-order valence-corrected chi connectivity index (χ3v) is 4.53. The maximum Gasteiger partial charge on any atom is 0.326 e. The lowest BCUT2D eigenvalue weighted by molar-refractivity contribution is -0.141. The van der Waals surface area contributed by atoms with Crippen LogP contribution in [0.4, 0.5) is 9.93 Å². The first-order chi connectivity index (χ1) is 9.77. The Labute approximate surface area is 128 Å². The summed E-state index contributed by atoms with van der Waals surface area (Å²) in [6.45, 7) is 5.32. The van der Waals surface area contributed by atoms with Gasteiger partial charge in [-0.25, -0.2) is 14.6 Å². The Bertz CT molecular complexity index is 525. The van der Waals surface area contributed by atoms with Gasteiger partial charge >= 0.3 is 12.0 Å². The first kappa shape index (κ1) is 15.8. The fourth-order valence-electron chi connectivity index (χ4n) is 2.32. The summed E-state index contributed by atoms with van der Waals surface area (Å²) >= 11 is 1.48. The van der Waals surface area contributed by atoms with E-state index in [1.165, 1.54) is 16.2 Å². The molecule has 0 radical (unpaired) electrons. The van der Waals surface area contributed by atoms with Crippen molar-refractivity contribution in [1.29, 1.82) is 0 Å². The van der Waals surface area contributed by atoms with E-state index in [2.05, 4.69) is 15.6 Å². The summed E-state index contributed by atoms with van der Waals surface area (Å²) < 4.78 is 0. The summed E-state index contributed by atoms with van der Waals surface area (Å²) in [5, 5.41) is 14.9. The maximum absolute atomic E-state index is 12.0. The molecule has 7 heteroatoms. The van der Waals surface area contributed by atoms with E-state index in [0.717, 1.165) is 31.4 Å². The van der Waals surface area contributed by atoms with Gasteiger partial charge in [-0.05, 0) is 31.1 Å². The SMILES string of the molecule is CC(C)(C)[C@@H](NC(=O)Nc1nc2c(s1)CCCC2)C(=O)O. The number of aromatic nitrogens is 1. The monoisotopic (exact) mass is 311 g/mol. The highest BCUT2D eigenvalue weighted by Gasteiger charge is 2.32. The van der Waals surface area contributed by atoms with Crippen molar-refractivity contribution < 1.29 is 14.7 Å². The van der Waals surface area contributed by atoms with E-state index in [0.29, 0.717) is 5.13 Å². The lowest BCUT2D eigenvalue weighted by atomic mass is 9.87. The molecule has 1 aromatic heterocycles. The third kappa shape index (κ3) is 3.93. The number of aliphatic carboxylic acids is 1. The van der Waals surface area contributed by atoms with Gasteiger partial charge in [-0.15, -0.1) is 11.3 Å². The molecule has 0 aromatic carbocycles. The van der Waals surface area contributed by atoms with E-state index in [-0.39, 0.29) is 0 Å². The largest absolute Gasteiger partial charge is 0.480 e. The van der Waals surface area contributed by atoms with Crippen molar-refractivity contribution in [2.75, 3.05) is 5.32 Å². The van der Waals surface area contributed by atoms with Crippen LogP contribution < -0.4 is 10.6 Å². The molecule has 2 rings (SSSR count). The van der Waals surface area contributed by atoms with Crippen LogP contribution in [0.25, 0.3) is 0 Å². The number of hydrogen-bond acceptors (Lipinski definition) is 4. The van der Waals surface area contributed by atoms with E-state index in [4.69, 9.17) is 0 Å². The number of carboxylic acids is 1. The van der Waals surface area contributed by atoms with Gasteiger partial charge in [0.25, 0.3) is 0 Å². The molecular weight excluding hydrogens is 290 g/mol. The zero-order chi connectivity index (χ0) is 15.6. The number of rotatable bonds is 3. The molecule has 1 heterocycles. The lowest BCUT2D eigenvalue weighted by Crippen LogP contribution is -2.50. The van der Waals surface area contributed by atoms with Gasteiger partial charge in [0, 0.05) is 4.88 Å². The Morgan fingerprint density at radius 2 is 1.95 bits per heavy atom. The Kier molecular flexibility index (Phi) is 4.51. The van der Waals surface area contributed by atoms with Crippen LogP contribution in [0.2, 0.25) is 0 Å². The molecule has 1 aromatic rings. The Morgan fingerprint density at radius 1 is 1.29 bits per heavy atom. The number of nitrogens with one attached hydrogen (secondary N) is 2. The van der Waals surface area contributed by atoms with Crippen LogP contribution >= 0.6 is 11.3 Å². The van der Waals surface area contributed by atoms with E-state index in [1.807, 2.05) is 0 Å². The van der Waals surface area contributed by atoms with Gasteiger partial charge in [0.1, 0.15) is 6.04 Å². The van der Waals surface area contributed by atoms with Gasteiger partial charge in [0.2, 0.25) is 0 Å². The first-order valence-corrected chi connectivity index (χ1v) is 7.88. The average molecular weight is 311 g/mol. The molecule has 0 bridgehead atoms. The molecule has 1 atom stereocenters. The number of aryl methyl sites for hydroxylation is 2. The van der Waals surface area contributed by atoms with Crippen molar-refractivity contribution in [2.45, 2.75) is 52.5 Å². The van der Waals surface area contributed by atoms with Crippen LogP contribution in [0.5, 0.6) is 0 Å². The lowest BCUT2D eigenvalue weighted by Gasteiger charge is -2.27. The molecule has 1 aliphatic rings. The molecule has 21 heavy (non-hydrogen) atoms. The Hall–Kier alpha value is -1.63. The molecule has 0 aliphatic heterocycles. The van der Waals surface area contributed by atoms with Gasteiger partial charge in [0.15, 0.2) is 5.13 Å². The highest BCUT2D eigenvalue weighted by atomic mass is 32.1. The smallest absolute Gasteiger partial charge is 0.326 e. The molecule has 0 spiro atoms. The van der Waals surface area contributed by atoms with E-state index < -0.39 is 23.5 Å². The molecule has 0 saturated heterocycles. The van der Waals surface area contributed by atoms with Gasteiger partial charge < -0.3 is 10.4 Å². The number of carbonyl (C=O) groups excluding carboxylic acids is 1. The standard InChI is InChI=1S/C14H21N3O3S/c1-14(2,3)10(11(18)19)16-12(20)17-13-15-8-6-4-5-7-9(8)21-13/h10H,4-7H2,1-3H3,(H,18,19)(H2,15,16,17,20)/t10-/m0/s1. The predicted molar refractivity (Wildman–Crippen MR) is 81.8 cm³/mol. The van der Waals surface area contributed by atoms with Crippen LogP contribution in [-0.4, -0.2) is 28.1 Å². The third-order valence-electron chi connectivity index (χ3n) is 3.45. The summed E-state index contributed by atoms with van der Waals surface area (Å²) in [5.74, 6) is -1.05. The summed E-state index contributed by atoms with van der Waals surface area (Å²) in [7, 11) is 0. The molecule has 2 amide bonds. The van der Waals surface area contributed by atoms with Gasteiger partial charge in [0.05, 0.1) is 5.69 Å². The second-order valence-corrected chi connectivity index (χ2v) is 7.42. The summed E-state index contributed by atoms with van der Waals surface area (Å²) in [4.78, 5) is 28.8. The topological polar surface area (TPSA) is 91.3 Å². The number of carboxylic acid groups (broad SMARTS) is 1. The summed E-state index contributed by atoms with van der Waals surface area (Å²) in [6.07, 6.45) is 4.25. The highest BCUT2D eigenvalue weighted by Crippen LogP contribution is 2.29. The van der Waals surface area contributed by atoms with Crippen molar-refractivity contribution in [3.8, 4) is 0 Å². The number of amides is 2. The molecular formula is C14H21N3O3S. The van der Waals surface area contributed by atoms with Crippen LogP contribution in [0.3, 0.4) is 0 Å². The predicted octanol–water partition coefficient (Wildman–Crippen LogP) is 2.64. The maximum atomic E-state index is 12.0. The zero-order valence-corrected chi connectivity index (χ0v) is 13.3. The van der Waals surface area contributed by atoms with Crippen molar-refractivity contribution in [3.05, 3.63) is 10.6 Å². The molecule has 0 saturated carbocycles. The van der Waals surface area contributed by atoms with Crippen molar-refractivity contribution >= 4 is 28.5 Å². The quantitative estimate of drug-likeness (QED) is 0.800. The number of hydrogen-bond donors (Lipinski definition) is 3. The minimum Gasteiger partial charge on any atom is -0.480 e. The Morgan fingerprint density at radius 3 is 2.52 bits per heavy atom. The Balaban J connectivity index is 2.01. The molecule has 116 valence electrons. The minimum absolute atomic E-state index is 0.525. The summed E-state index contributed by atoms with van der Waals surface area (Å²) in [5.41, 5.74) is 0.498. The molecule has 1 aliphatic carbocycles. The van der Waals surface area contributed by atoms with Crippen molar-refractivity contribution in [2.24, 2.45) is 5.41 Å². The number of anilines is 1. The number of carbonyl (C=O) groups is 2. The fourth-order valence-corrected chi connectivity index (χ4v) is 3.36. The fraction of sp³-hybridized carbons (Fsp3) is 0.643.